The van der Waals surface area contributed by atoms with Crippen LogP contribution in [0.4, 0.5) is 0 Å². The summed E-state index contributed by atoms with van der Waals surface area (Å²) in [5.74, 6) is -1.15. The number of carboxylic acids is 1. The third-order valence-electron chi connectivity index (χ3n) is 3.64. The van der Waals surface area contributed by atoms with E-state index in [1.54, 1.807) is 0 Å². The van der Waals surface area contributed by atoms with E-state index in [0.717, 1.165) is 6.07 Å². The first-order valence-electron chi connectivity index (χ1n) is 6.50. The van der Waals surface area contributed by atoms with E-state index >= 15 is 0 Å². The molecule has 1 saturated heterocycles. The van der Waals surface area contributed by atoms with Crippen LogP contribution in [0.1, 0.15) is 23.2 Å². The Morgan fingerprint density at radius 2 is 1.95 bits per heavy atom. The molecular formula is C13H16ClNO5S. The van der Waals surface area contributed by atoms with Gasteiger partial charge in [0.15, 0.2) is 0 Å². The van der Waals surface area contributed by atoms with E-state index in [0.29, 0.717) is 25.9 Å². The molecule has 1 heterocycles. The van der Waals surface area contributed by atoms with E-state index in [2.05, 4.69) is 0 Å². The summed E-state index contributed by atoms with van der Waals surface area (Å²) in [6.07, 6.45) is 1.18. The fourth-order valence-electron chi connectivity index (χ4n) is 2.31. The minimum Gasteiger partial charge on any atom is -0.478 e. The maximum absolute atomic E-state index is 12.5. The van der Waals surface area contributed by atoms with E-state index in [9.17, 15) is 13.2 Å². The van der Waals surface area contributed by atoms with Gasteiger partial charge in [0.2, 0.25) is 10.0 Å². The molecule has 8 heteroatoms. The first kappa shape index (κ1) is 16.2. The summed E-state index contributed by atoms with van der Waals surface area (Å²) in [7, 11) is -3.74. The Bertz CT molecular complexity index is 638. The lowest BCUT2D eigenvalue weighted by Crippen LogP contribution is -2.39. The molecule has 1 aliphatic rings. The highest BCUT2D eigenvalue weighted by Gasteiger charge is 2.29. The van der Waals surface area contributed by atoms with Crippen molar-refractivity contribution >= 4 is 27.6 Å². The van der Waals surface area contributed by atoms with Crippen LogP contribution in [0.15, 0.2) is 23.1 Å². The summed E-state index contributed by atoms with van der Waals surface area (Å²) in [6, 6.07) is 3.67. The number of hydrogen-bond donors (Lipinski definition) is 2. The number of aliphatic hydroxyl groups is 1. The lowest BCUT2D eigenvalue weighted by atomic mass is 10.00. The molecule has 0 atom stereocenters. The molecule has 6 nitrogen and oxygen atoms in total. The molecule has 0 saturated carbocycles. The molecule has 1 fully saturated rings. The minimum atomic E-state index is -3.74. The van der Waals surface area contributed by atoms with E-state index in [1.165, 1.54) is 16.4 Å². The number of hydrogen-bond acceptors (Lipinski definition) is 4. The number of sulfonamides is 1. The van der Waals surface area contributed by atoms with Gasteiger partial charge in [-0.25, -0.2) is 13.2 Å². The zero-order valence-corrected chi connectivity index (χ0v) is 12.8. The van der Waals surface area contributed by atoms with Crippen molar-refractivity contribution in [3.63, 3.8) is 0 Å². The predicted molar refractivity (Wildman–Crippen MR) is 77.0 cm³/mol. The Morgan fingerprint density at radius 1 is 1.33 bits per heavy atom. The van der Waals surface area contributed by atoms with Crippen molar-refractivity contribution < 1.29 is 23.4 Å². The first-order chi connectivity index (χ1) is 9.86. The third-order valence-corrected chi connectivity index (χ3v) is 5.86. The van der Waals surface area contributed by atoms with Gasteiger partial charge in [-0.05, 0) is 37.0 Å². The van der Waals surface area contributed by atoms with Crippen molar-refractivity contribution in [1.82, 2.24) is 4.31 Å². The fourth-order valence-corrected chi connectivity index (χ4v) is 4.00. The van der Waals surface area contributed by atoms with Crippen molar-refractivity contribution in [2.24, 2.45) is 5.92 Å². The topological polar surface area (TPSA) is 94.9 Å². The molecule has 0 amide bonds. The van der Waals surface area contributed by atoms with E-state index in [1.807, 2.05) is 0 Å². The largest absolute Gasteiger partial charge is 0.478 e. The summed E-state index contributed by atoms with van der Waals surface area (Å²) in [6.45, 7) is 0.690. The Labute approximate surface area is 128 Å². The first-order valence-corrected chi connectivity index (χ1v) is 8.32. The quantitative estimate of drug-likeness (QED) is 0.869. The zero-order chi connectivity index (χ0) is 15.6. The fraction of sp³-hybridized carbons (Fsp3) is 0.462. The number of halogens is 1. The van der Waals surface area contributed by atoms with Crippen LogP contribution >= 0.6 is 11.6 Å². The van der Waals surface area contributed by atoms with Crippen LogP contribution in [0.5, 0.6) is 0 Å². The van der Waals surface area contributed by atoms with Crippen molar-refractivity contribution in [1.29, 1.82) is 0 Å². The van der Waals surface area contributed by atoms with E-state index in [4.69, 9.17) is 21.8 Å². The van der Waals surface area contributed by atoms with Crippen LogP contribution in [0.25, 0.3) is 0 Å². The van der Waals surface area contributed by atoms with Gasteiger partial charge >= 0.3 is 5.97 Å². The lowest BCUT2D eigenvalue weighted by molar-refractivity contribution is 0.0697. The Morgan fingerprint density at radius 3 is 2.48 bits per heavy atom. The van der Waals surface area contributed by atoms with Gasteiger partial charge in [-0.2, -0.15) is 4.31 Å². The van der Waals surface area contributed by atoms with Gasteiger partial charge in [0.25, 0.3) is 0 Å². The lowest BCUT2D eigenvalue weighted by Gasteiger charge is -2.30. The highest BCUT2D eigenvalue weighted by Crippen LogP contribution is 2.26. The average Bonchev–Trinajstić information content (AvgIpc) is 2.47. The normalized spacial score (nSPS) is 17.8. The molecule has 1 aromatic rings. The Hall–Kier alpha value is -1.15. The van der Waals surface area contributed by atoms with Gasteiger partial charge in [-0.1, -0.05) is 11.6 Å². The average molecular weight is 334 g/mol. The second-order valence-electron chi connectivity index (χ2n) is 4.98. The number of carboxylic acid groups (broad SMARTS) is 1. The minimum absolute atomic E-state index is 0.000406. The van der Waals surface area contributed by atoms with Crippen molar-refractivity contribution in [2.45, 2.75) is 17.7 Å². The van der Waals surface area contributed by atoms with Gasteiger partial charge < -0.3 is 10.2 Å². The molecule has 21 heavy (non-hydrogen) atoms. The van der Waals surface area contributed by atoms with Gasteiger partial charge in [-0.3, -0.25) is 0 Å². The molecule has 2 rings (SSSR count). The number of carbonyl (C=O) groups is 1. The molecule has 1 aliphatic heterocycles. The SMILES string of the molecule is O=C(O)c1cc(S(=O)(=O)N2CCC(CO)CC2)ccc1Cl. The molecule has 0 aliphatic carbocycles. The number of piperidine rings is 1. The number of rotatable bonds is 4. The van der Waals surface area contributed by atoms with E-state index in [-0.39, 0.29) is 28.0 Å². The number of aromatic carboxylic acids is 1. The number of nitrogens with zero attached hydrogens (tertiary/aromatic N) is 1. The van der Waals surface area contributed by atoms with Gasteiger partial charge in [0.05, 0.1) is 15.5 Å². The molecule has 2 N–H and O–H groups in total. The molecular weight excluding hydrogens is 318 g/mol. The van der Waals surface area contributed by atoms with E-state index < -0.39 is 16.0 Å². The highest BCUT2D eigenvalue weighted by molar-refractivity contribution is 7.89. The molecule has 1 aromatic carbocycles. The van der Waals surface area contributed by atoms with Crippen LogP contribution in [-0.4, -0.2) is 48.6 Å². The predicted octanol–water partition coefficient (Wildman–Crippen LogP) is 1.43. The third kappa shape index (κ3) is 3.37. The maximum Gasteiger partial charge on any atom is 0.337 e. The number of benzene rings is 1. The summed E-state index contributed by atoms with van der Waals surface area (Å²) in [5.41, 5.74) is -0.233. The van der Waals surface area contributed by atoms with Crippen LogP contribution in [0.2, 0.25) is 5.02 Å². The standard InChI is InChI=1S/C13H16ClNO5S/c14-12-2-1-10(7-11(12)13(17)18)21(19,20)15-5-3-9(8-16)4-6-15/h1-2,7,9,16H,3-6,8H2,(H,17,18). The monoisotopic (exact) mass is 333 g/mol. The Balaban J connectivity index is 2.28. The maximum atomic E-state index is 12.5. The molecule has 0 radical (unpaired) electrons. The highest BCUT2D eigenvalue weighted by atomic mass is 35.5. The molecule has 0 bridgehead atoms. The summed E-state index contributed by atoms with van der Waals surface area (Å²) < 4.78 is 26.3. The molecule has 0 unspecified atom stereocenters. The summed E-state index contributed by atoms with van der Waals surface area (Å²) >= 11 is 5.75. The molecule has 116 valence electrons. The van der Waals surface area contributed by atoms with Crippen LogP contribution in [0.3, 0.4) is 0 Å². The van der Waals surface area contributed by atoms with Crippen LogP contribution in [-0.2, 0) is 10.0 Å². The van der Waals surface area contributed by atoms with Gasteiger partial charge in [0, 0.05) is 19.7 Å². The van der Waals surface area contributed by atoms with Crippen LogP contribution in [0, 0.1) is 5.92 Å². The van der Waals surface area contributed by atoms with Crippen molar-refractivity contribution in [3.8, 4) is 0 Å². The zero-order valence-electron chi connectivity index (χ0n) is 11.2. The Kier molecular flexibility index (Phi) is 4.88. The molecule has 0 spiro atoms. The second-order valence-corrected chi connectivity index (χ2v) is 7.32. The van der Waals surface area contributed by atoms with Gasteiger partial charge in [-0.15, -0.1) is 0 Å². The second kappa shape index (κ2) is 6.31. The summed E-state index contributed by atoms with van der Waals surface area (Å²) in [5, 5.41) is 18.1. The van der Waals surface area contributed by atoms with Crippen molar-refractivity contribution in [2.75, 3.05) is 19.7 Å². The van der Waals surface area contributed by atoms with Gasteiger partial charge in [0.1, 0.15) is 0 Å². The number of aliphatic hydroxyl groups excluding tert-OH is 1. The molecule has 0 aromatic heterocycles. The summed E-state index contributed by atoms with van der Waals surface area (Å²) in [4.78, 5) is 11.0. The smallest absolute Gasteiger partial charge is 0.337 e. The van der Waals surface area contributed by atoms with Crippen molar-refractivity contribution in [3.05, 3.63) is 28.8 Å². The van der Waals surface area contributed by atoms with Crippen LogP contribution < -0.4 is 0 Å².